The highest BCUT2D eigenvalue weighted by molar-refractivity contribution is 6.34. The van der Waals surface area contributed by atoms with Crippen LogP contribution in [0.4, 0.5) is 0 Å². The summed E-state index contributed by atoms with van der Waals surface area (Å²) in [5.41, 5.74) is 0. The maximum absolute atomic E-state index is 12.2. The topological polar surface area (TPSA) is 75.6 Å². The third kappa shape index (κ3) is 5.29. The third-order valence-electron chi connectivity index (χ3n) is 3.94. The molecule has 23 heavy (non-hydrogen) atoms. The Labute approximate surface area is 144 Å². The van der Waals surface area contributed by atoms with E-state index in [1.165, 1.54) is 0 Å². The molecule has 1 atom stereocenters. The van der Waals surface area contributed by atoms with Gasteiger partial charge in [0.2, 0.25) is 0 Å². The highest BCUT2D eigenvalue weighted by Crippen LogP contribution is 2.26. The van der Waals surface area contributed by atoms with Crippen molar-refractivity contribution < 1.29 is 19.4 Å². The maximum atomic E-state index is 12.2. The van der Waals surface area contributed by atoms with Gasteiger partial charge < -0.3 is 15.2 Å². The molecule has 1 aromatic carbocycles. The molecule has 5 nitrogen and oxygen atoms in total. The number of hydrogen-bond acceptors (Lipinski definition) is 3. The molecule has 1 saturated carbocycles. The summed E-state index contributed by atoms with van der Waals surface area (Å²) in [6.07, 6.45) is 1.80. The molecule has 0 aromatic heterocycles. The van der Waals surface area contributed by atoms with Gasteiger partial charge in [0.05, 0.1) is 5.92 Å². The highest BCUT2D eigenvalue weighted by Gasteiger charge is 2.28. The summed E-state index contributed by atoms with van der Waals surface area (Å²) in [6.45, 7) is 1.65. The van der Waals surface area contributed by atoms with E-state index in [1.54, 1.807) is 25.1 Å². The lowest BCUT2D eigenvalue weighted by molar-refractivity contribution is -0.142. The van der Waals surface area contributed by atoms with E-state index in [2.05, 4.69) is 5.32 Å². The van der Waals surface area contributed by atoms with Gasteiger partial charge >= 0.3 is 5.97 Å². The molecule has 0 aliphatic heterocycles. The lowest BCUT2D eigenvalue weighted by atomic mass is 9.86. The molecular formula is C16H19Cl2NO4. The number of carboxylic acid groups (broad SMARTS) is 1. The zero-order valence-electron chi connectivity index (χ0n) is 12.7. The van der Waals surface area contributed by atoms with Gasteiger partial charge in [0.15, 0.2) is 6.10 Å². The summed E-state index contributed by atoms with van der Waals surface area (Å²) in [5, 5.41) is 12.8. The van der Waals surface area contributed by atoms with E-state index in [9.17, 15) is 9.59 Å². The summed E-state index contributed by atoms with van der Waals surface area (Å²) in [4.78, 5) is 23.1. The number of carbonyl (C=O) groups is 2. The fraction of sp³-hybridized carbons (Fsp3) is 0.500. The largest absolute Gasteiger partial charge is 0.481 e. The molecule has 1 fully saturated rings. The first-order valence-electron chi connectivity index (χ1n) is 7.51. The molecule has 1 unspecified atom stereocenters. The van der Waals surface area contributed by atoms with Crippen LogP contribution in [-0.4, -0.2) is 29.1 Å². The maximum Gasteiger partial charge on any atom is 0.306 e. The number of rotatable bonds is 5. The van der Waals surface area contributed by atoms with Gasteiger partial charge in [-0.1, -0.05) is 23.2 Å². The molecule has 0 spiro atoms. The monoisotopic (exact) mass is 359 g/mol. The van der Waals surface area contributed by atoms with Crippen LogP contribution < -0.4 is 10.1 Å². The van der Waals surface area contributed by atoms with Crippen molar-refractivity contribution in [3.05, 3.63) is 28.2 Å². The van der Waals surface area contributed by atoms with Crippen LogP contribution in [-0.2, 0) is 9.59 Å². The van der Waals surface area contributed by atoms with Crippen LogP contribution >= 0.6 is 23.2 Å². The molecule has 1 aliphatic carbocycles. The average molecular weight is 360 g/mol. The second-order valence-electron chi connectivity index (χ2n) is 5.76. The van der Waals surface area contributed by atoms with Gasteiger partial charge in [-0.2, -0.15) is 0 Å². The Kier molecular flexibility index (Phi) is 6.13. The van der Waals surface area contributed by atoms with Gasteiger partial charge in [0.1, 0.15) is 5.75 Å². The first-order chi connectivity index (χ1) is 10.8. The van der Waals surface area contributed by atoms with E-state index in [0.717, 1.165) is 0 Å². The first-order valence-corrected chi connectivity index (χ1v) is 8.26. The fourth-order valence-electron chi connectivity index (χ4n) is 2.66. The Morgan fingerprint density at radius 2 is 1.74 bits per heavy atom. The number of hydrogen-bond donors (Lipinski definition) is 2. The van der Waals surface area contributed by atoms with Crippen LogP contribution in [0.5, 0.6) is 5.75 Å². The zero-order valence-corrected chi connectivity index (χ0v) is 14.2. The Bertz CT molecular complexity index is 565. The number of benzene rings is 1. The average Bonchev–Trinajstić information content (AvgIpc) is 2.46. The van der Waals surface area contributed by atoms with Crippen molar-refractivity contribution in [2.75, 3.05) is 0 Å². The van der Waals surface area contributed by atoms with Crippen LogP contribution in [0.2, 0.25) is 10.0 Å². The lowest BCUT2D eigenvalue weighted by Gasteiger charge is -2.28. The van der Waals surface area contributed by atoms with Gasteiger partial charge in [0, 0.05) is 16.1 Å². The molecule has 0 radical (unpaired) electrons. The van der Waals surface area contributed by atoms with Gasteiger partial charge in [-0.25, -0.2) is 0 Å². The minimum absolute atomic E-state index is 0.00732. The van der Waals surface area contributed by atoms with Crippen LogP contribution in [0.15, 0.2) is 18.2 Å². The van der Waals surface area contributed by atoms with E-state index in [1.807, 2.05) is 0 Å². The van der Waals surface area contributed by atoms with Gasteiger partial charge in [-0.3, -0.25) is 9.59 Å². The number of nitrogens with one attached hydrogen (secondary N) is 1. The number of carboxylic acids is 1. The molecule has 126 valence electrons. The van der Waals surface area contributed by atoms with E-state index in [-0.39, 0.29) is 17.9 Å². The summed E-state index contributed by atoms with van der Waals surface area (Å²) in [5.74, 6) is -0.866. The molecule has 2 rings (SSSR count). The number of aliphatic carboxylic acids is 1. The van der Waals surface area contributed by atoms with Crippen molar-refractivity contribution in [3.63, 3.8) is 0 Å². The summed E-state index contributed by atoms with van der Waals surface area (Å²) >= 11 is 11.8. The van der Waals surface area contributed by atoms with Gasteiger partial charge in [-0.05, 0) is 50.8 Å². The van der Waals surface area contributed by atoms with Crippen molar-refractivity contribution in [2.45, 2.75) is 44.8 Å². The van der Waals surface area contributed by atoms with Crippen LogP contribution in [0.3, 0.4) is 0 Å². The molecule has 1 aromatic rings. The molecule has 2 N–H and O–H groups in total. The normalized spacial score (nSPS) is 22.2. The van der Waals surface area contributed by atoms with Crippen LogP contribution in [0.1, 0.15) is 32.6 Å². The van der Waals surface area contributed by atoms with E-state index in [0.29, 0.717) is 41.5 Å². The van der Waals surface area contributed by atoms with Crippen molar-refractivity contribution in [3.8, 4) is 5.75 Å². The molecule has 1 aliphatic rings. The lowest BCUT2D eigenvalue weighted by Crippen LogP contribution is -2.44. The van der Waals surface area contributed by atoms with Crippen molar-refractivity contribution in [2.24, 2.45) is 5.92 Å². The second-order valence-corrected chi connectivity index (χ2v) is 6.63. The summed E-state index contributed by atoms with van der Waals surface area (Å²) in [7, 11) is 0. The van der Waals surface area contributed by atoms with Crippen LogP contribution in [0.25, 0.3) is 0 Å². The van der Waals surface area contributed by atoms with E-state index < -0.39 is 12.1 Å². The van der Waals surface area contributed by atoms with Crippen molar-refractivity contribution in [1.82, 2.24) is 5.32 Å². The van der Waals surface area contributed by atoms with Crippen molar-refractivity contribution in [1.29, 1.82) is 0 Å². The molecule has 0 heterocycles. The summed E-state index contributed by atoms with van der Waals surface area (Å²) in [6, 6.07) is 4.76. The van der Waals surface area contributed by atoms with E-state index in [4.69, 9.17) is 33.0 Å². The molecular weight excluding hydrogens is 341 g/mol. The van der Waals surface area contributed by atoms with Crippen LogP contribution in [0, 0.1) is 5.92 Å². The molecule has 0 bridgehead atoms. The third-order valence-corrected chi connectivity index (χ3v) is 4.38. The Hall–Kier alpha value is -1.46. The Balaban J connectivity index is 1.84. The standard InChI is InChI=1S/C16H19Cl2NO4/c1-9(23-14-7-11(17)6-12(18)8-14)15(20)19-13-4-2-10(3-5-13)16(21)22/h6-10,13H,2-5H2,1H3,(H,19,20)(H,21,22). The number of amides is 1. The molecule has 0 saturated heterocycles. The fourth-order valence-corrected chi connectivity index (χ4v) is 3.16. The van der Waals surface area contributed by atoms with Gasteiger partial charge in [-0.15, -0.1) is 0 Å². The zero-order chi connectivity index (χ0) is 17.0. The smallest absolute Gasteiger partial charge is 0.306 e. The first kappa shape index (κ1) is 17.9. The van der Waals surface area contributed by atoms with E-state index >= 15 is 0 Å². The number of carbonyl (C=O) groups excluding carboxylic acids is 1. The molecule has 1 amide bonds. The number of halogens is 2. The minimum atomic E-state index is -0.760. The number of ether oxygens (including phenoxy) is 1. The predicted molar refractivity (Wildman–Crippen MR) is 88.1 cm³/mol. The summed E-state index contributed by atoms with van der Waals surface area (Å²) < 4.78 is 5.56. The Morgan fingerprint density at radius 1 is 1.17 bits per heavy atom. The van der Waals surface area contributed by atoms with Crippen molar-refractivity contribution >= 4 is 35.1 Å². The quantitative estimate of drug-likeness (QED) is 0.843. The van der Waals surface area contributed by atoms with Gasteiger partial charge in [0.25, 0.3) is 5.91 Å². The molecule has 7 heteroatoms. The minimum Gasteiger partial charge on any atom is -0.481 e. The predicted octanol–water partition coefficient (Wildman–Crippen LogP) is 3.52. The second kappa shape index (κ2) is 7.88. The Morgan fingerprint density at radius 3 is 2.26 bits per heavy atom. The highest BCUT2D eigenvalue weighted by atomic mass is 35.5. The SMILES string of the molecule is CC(Oc1cc(Cl)cc(Cl)c1)C(=O)NC1CCC(C(=O)O)CC1.